The Hall–Kier alpha value is -2.63. The van der Waals surface area contributed by atoms with E-state index in [2.05, 4.69) is 16.9 Å². The minimum absolute atomic E-state index is 0.0186. The van der Waals surface area contributed by atoms with E-state index in [-0.39, 0.29) is 11.1 Å². The Morgan fingerprint density at radius 1 is 1.20 bits per heavy atom. The van der Waals surface area contributed by atoms with Gasteiger partial charge in [0.15, 0.2) is 0 Å². The van der Waals surface area contributed by atoms with Crippen LogP contribution in [0, 0.1) is 6.92 Å². The number of aromatic nitrogens is 2. The van der Waals surface area contributed by atoms with E-state index in [0.717, 1.165) is 24.0 Å². The van der Waals surface area contributed by atoms with Gasteiger partial charge in [-0.2, -0.15) is 0 Å². The Bertz CT molecular complexity index is 575. The molecule has 0 bridgehead atoms. The van der Waals surface area contributed by atoms with E-state index in [1.165, 1.54) is 18.2 Å². The maximum Gasteiger partial charge on any atom is 0.335 e. The summed E-state index contributed by atoms with van der Waals surface area (Å²) in [5.74, 6) is -1.18. The van der Waals surface area contributed by atoms with Gasteiger partial charge in [-0.25, -0.2) is 14.6 Å². The molecule has 6 heteroatoms. The van der Waals surface area contributed by atoms with E-state index in [1.807, 2.05) is 13.1 Å². The fourth-order valence-electron chi connectivity index (χ4n) is 1.43. The maximum absolute atomic E-state index is 10.4. The van der Waals surface area contributed by atoms with Crippen molar-refractivity contribution in [1.82, 2.24) is 9.97 Å². The third kappa shape index (κ3) is 4.56. The van der Waals surface area contributed by atoms with Crippen LogP contribution in [0.1, 0.15) is 39.2 Å². The quantitative estimate of drug-likeness (QED) is 0.798. The van der Waals surface area contributed by atoms with Crippen LogP contribution in [0.3, 0.4) is 0 Å². The summed E-state index contributed by atoms with van der Waals surface area (Å²) in [7, 11) is 0. The fraction of sp³-hybridized carbons (Fsp3) is 0.214. The largest absolute Gasteiger partial charge is 0.478 e. The molecular formula is C14H16N2O4. The third-order valence-corrected chi connectivity index (χ3v) is 2.45. The monoisotopic (exact) mass is 276 g/mol. The highest BCUT2D eigenvalue weighted by atomic mass is 16.4. The van der Waals surface area contributed by atoms with E-state index < -0.39 is 11.9 Å². The highest BCUT2D eigenvalue weighted by Gasteiger charge is 2.06. The topological polar surface area (TPSA) is 103 Å². The molecule has 1 aromatic heterocycles. The maximum atomic E-state index is 10.4. The zero-order valence-corrected chi connectivity index (χ0v) is 11.3. The van der Waals surface area contributed by atoms with Crippen molar-refractivity contribution in [2.75, 3.05) is 0 Å². The number of imidazole rings is 1. The number of nitrogens with one attached hydrogen (secondary N) is 1. The number of aromatic carboxylic acids is 2. The van der Waals surface area contributed by atoms with E-state index in [1.54, 1.807) is 0 Å². The van der Waals surface area contributed by atoms with Crippen LogP contribution in [0.2, 0.25) is 0 Å². The lowest BCUT2D eigenvalue weighted by Crippen LogP contribution is -2.01. The SMILES string of the molecule is CCc1ncc(C)[nH]1.O=C(O)c1cccc(C(=O)O)c1. The number of carboxylic acids is 2. The molecule has 0 aliphatic heterocycles. The van der Waals surface area contributed by atoms with Gasteiger partial charge in [0, 0.05) is 18.3 Å². The first-order chi connectivity index (χ1) is 9.43. The van der Waals surface area contributed by atoms with Gasteiger partial charge >= 0.3 is 11.9 Å². The molecule has 0 amide bonds. The van der Waals surface area contributed by atoms with Crippen molar-refractivity contribution in [2.24, 2.45) is 0 Å². The minimum atomic E-state index is -1.13. The summed E-state index contributed by atoms with van der Waals surface area (Å²) in [4.78, 5) is 28.0. The molecule has 0 saturated carbocycles. The van der Waals surface area contributed by atoms with Crippen LogP contribution < -0.4 is 0 Å². The third-order valence-electron chi connectivity index (χ3n) is 2.45. The summed E-state index contributed by atoms with van der Waals surface area (Å²) in [6.07, 6.45) is 2.84. The number of aryl methyl sites for hydroxylation is 2. The Morgan fingerprint density at radius 3 is 2.05 bits per heavy atom. The Morgan fingerprint density at radius 2 is 1.75 bits per heavy atom. The first kappa shape index (κ1) is 15.4. The number of aromatic amines is 1. The second kappa shape index (κ2) is 7.08. The van der Waals surface area contributed by atoms with E-state index in [9.17, 15) is 9.59 Å². The molecule has 0 aliphatic carbocycles. The number of rotatable bonds is 3. The van der Waals surface area contributed by atoms with Crippen LogP contribution in [0.15, 0.2) is 30.5 Å². The Balaban J connectivity index is 0.000000217. The molecule has 20 heavy (non-hydrogen) atoms. The van der Waals surface area contributed by atoms with Crippen LogP contribution in [0.25, 0.3) is 0 Å². The van der Waals surface area contributed by atoms with Crippen LogP contribution in [0.5, 0.6) is 0 Å². The second-order valence-corrected chi connectivity index (χ2v) is 4.06. The molecule has 1 heterocycles. The second-order valence-electron chi connectivity index (χ2n) is 4.06. The van der Waals surface area contributed by atoms with Gasteiger partial charge in [-0.3, -0.25) is 0 Å². The molecule has 0 spiro atoms. The summed E-state index contributed by atoms with van der Waals surface area (Å²) in [6, 6.07) is 5.20. The lowest BCUT2D eigenvalue weighted by Gasteiger charge is -1.95. The van der Waals surface area contributed by atoms with Crippen LogP contribution in [-0.4, -0.2) is 32.1 Å². The van der Waals surface area contributed by atoms with Crippen molar-refractivity contribution in [3.63, 3.8) is 0 Å². The number of hydrogen-bond acceptors (Lipinski definition) is 3. The summed E-state index contributed by atoms with van der Waals surface area (Å²) in [5, 5.41) is 17.0. The number of H-pyrrole nitrogens is 1. The number of benzene rings is 1. The van der Waals surface area contributed by atoms with E-state index in [0.29, 0.717) is 0 Å². The zero-order chi connectivity index (χ0) is 15.1. The van der Waals surface area contributed by atoms with Crippen molar-refractivity contribution < 1.29 is 19.8 Å². The summed E-state index contributed by atoms with van der Waals surface area (Å²) < 4.78 is 0. The molecule has 0 aliphatic rings. The number of hydrogen-bond donors (Lipinski definition) is 3. The van der Waals surface area contributed by atoms with E-state index in [4.69, 9.17) is 10.2 Å². The molecular weight excluding hydrogens is 260 g/mol. The minimum Gasteiger partial charge on any atom is -0.478 e. The first-order valence-electron chi connectivity index (χ1n) is 6.01. The Kier molecular flexibility index (Phi) is 5.46. The van der Waals surface area contributed by atoms with Crippen LogP contribution in [0.4, 0.5) is 0 Å². The number of carboxylic acid groups (broad SMARTS) is 2. The molecule has 2 aromatic rings. The van der Waals surface area contributed by atoms with Crippen molar-refractivity contribution >= 4 is 11.9 Å². The first-order valence-corrected chi connectivity index (χ1v) is 6.01. The average molecular weight is 276 g/mol. The normalized spacial score (nSPS) is 9.50. The van der Waals surface area contributed by atoms with Gasteiger partial charge in [-0.15, -0.1) is 0 Å². The van der Waals surface area contributed by atoms with Crippen molar-refractivity contribution in [2.45, 2.75) is 20.3 Å². The van der Waals surface area contributed by atoms with Crippen LogP contribution in [-0.2, 0) is 6.42 Å². The Labute approximate surface area is 116 Å². The van der Waals surface area contributed by atoms with Gasteiger partial charge in [0.25, 0.3) is 0 Å². The lowest BCUT2D eigenvalue weighted by molar-refractivity contribution is 0.0696. The molecule has 0 atom stereocenters. The van der Waals surface area contributed by atoms with Crippen molar-refractivity contribution in [3.8, 4) is 0 Å². The molecule has 106 valence electrons. The molecule has 0 fully saturated rings. The number of carbonyl (C=O) groups is 2. The predicted octanol–water partition coefficient (Wildman–Crippen LogP) is 2.36. The number of nitrogens with zero attached hydrogens (tertiary/aromatic N) is 1. The molecule has 3 N–H and O–H groups in total. The van der Waals surface area contributed by atoms with Gasteiger partial charge in [0.05, 0.1) is 11.1 Å². The van der Waals surface area contributed by atoms with E-state index >= 15 is 0 Å². The lowest BCUT2D eigenvalue weighted by atomic mass is 10.1. The van der Waals surface area contributed by atoms with Gasteiger partial charge in [-0.05, 0) is 25.1 Å². The summed E-state index contributed by atoms with van der Waals surface area (Å²) in [6.45, 7) is 4.09. The zero-order valence-electron chi connectivity index (χ0n) is 11.3. The molecule has 6 nitrogen and oxygen atoms in total. The molecule has 0 saturated heterocycles. The molecule has 0 unspecified atom stereocenters. The molecule has 1 aromatic carbocycles. The van der Waals surface area contributed by atoms with Crippen molar-refractivity contribution in [3.05, 3.63) is 53.1 Å². The van der Waals surface area contributed by atoms with Crippen LogP contribution >= 0.6 is 0 Å². The molecule has 0 radical (unpaired) electrons. The van der Waals surface area contributed by atoms with Gasteiger partial charge < -0.3 is 15.2 Å². The smallest absolute Gasteiger partial charge is 0.335 e. The summed E-state index contributed by atoms with van der Waals surface area (Å²) >= 11 is 0. The average Bonchev–Trinajstić information content (AvgIpc) is 2.85. The summed E-state index contributed by atoms with van der Waals surface area (Å²) in [5.41, 5.74) is 1.10. The van der Waals surface area contributed by atoms with Gasteiger partial charge in [-0.1, -0.05) is 13.0 Å². The van der Waals surface area contributed by atoms with Gasteiger partial charge in [0.2, 0.25) is 0 Å². The highest BCUT2D eigenvalue weighted by Crippen LogP contribution is 2.04. The molecule has 2 rings (SSSR count). The highest BCUT2D eigenvalue weighted by molar-refractivity contribution is 5.93. The fourth-order valence-corrected chi connectivity index (χ4v) is 1.43. The predicted molar refractivity (Wildman–Crippen MR) is 73.1 cm³/mol. The van der Waals surface area contributed by atoms with Crippen molar-refractivity contribution in [1.29, 1.82) is 0 Å². The standard InChI is InChI=1S/C8H6O4.C6H10N2/c9-7(10)5-2-1-3-6(4-5)8(11)12;1-3-6-7-4-5(2)8-6/h1-4H,(H,9,10)(H,11,12);4H,3H2,1-2H3,(H,7,8). The van der Waals surface area contributed by atoms with Gasteiger partial charge in [0.1, 0.15) is 5.82 Å².